The highest BCUT2D eigenvalue weighted by atomic mass is 31.3. The van der Waals surface area contributed by atoms with Crippen molar-refractivity contribution in [2.75, 3.05) is 12.3 Å². The zero-order valence-electron chi connectivity index (χ0n) is 21.1. The van der Waals surface area contributed by atoms with Crippen molar-refractivity contribution in [2.45, 2.75) is 38.1 Å². The molecule has 0 spiro atoms. The number of hydrogen-bond acceptors (Lipinski definition) is 13. The lowest BCUT2D eigenvalue weighted by atomic mass is 10.2. The SMILES string of the molecule is Nc1nc[n+]([C@H]2CC(O)[C@@H](COP(=O)(O)OP(=O)(O)OP(=O)(O)O)O2)c2[nH]cc(COCc3ccccc3[N+](=O)[O-])c12. The molecule has 3 unspecified atom stereocenters. The minimum atomic E-state index is -5.71. The van der Waals surface area contributed by atoms with Crippen molar-refractivity contribution in [3.63, 3.8) is 0 Å². The number of fused-ring (bicyclic) bond motifs is 1. The highest BCUT2D eigenvalue weighted by Gasteiger charge is 2.43. The van der Waals surface area contributed by atoms with Crippen LogP contribution in [0.1, 0.15) is 23.8 Å². The topological polar surface area (TPSA) is 300 Å². The molecule has 230 valence electrons. The van der Waals surface area contributed by atoms with E-state index in [4.69, 9.17) is 25.0 Å². The van der Waals surface area contributed by atoms with Gasteiger partial charge in [-0.15, -0.1) is 0 Å². The number of nitrogens with one attached hydrogen (secondary N) is 1. The van der Waals surface area contributed by atoms with Gasteiger partial charge in [0, 0.05) is 18.1 Å². The second-order valence-electron chi connectivity index (χ2n) is 8.77. The summed E-state index contributed by atoms with van der Waals surface area (Å²) in [6.45, 7) is -0.902. The standard InChI is InChI=1S/C19H24N5O15P3/c20-18-17-12(8-35-7-11-3-1-2-4-13(11)24(26)27)6-21-19(17)23(10-22-18)16-5-14(25)15(37-16)9-36-41(31,32)39-42(33,34)38-40(28,29)30/h1-4,6,10,14-16,25H,5,7-9H2,(H6,20,21,28,29,30,31,32,33,34)/p+1/t14?,15-,16-/m1/s1. The lowest BCUT2D eigenvalue weighted by Gasteiger charge is -2.19. The van der Waals surface area contributed by atoms with Gasteiger partial charge in [0.2, 0.25) is 17.8 Å². The van der Waals surface area contributed by atoms with Gasteiger partial charge in [-0.25, -0.2) is 18.3 Å². The molecule has 23 heteroatoms. The Kier molecular flexibility index (Phi) is 9.61. The van der Waals surface area contributed by atoms with Crippen LogP contribution in [0.15, 0.2) is 36.8 Å². The number of anilines is 1. The largest absolute Gasteiger partial charge is 0.490 e. The highest BCUT2D eigenvalue weighted by Crippen LogP contribution is 2.66. The Balaban J connectivity index is 1.42. The molecule has 1 fully saturated rings. The number of para-hydroxylation sites is 1. The first-order chi connectivity index (χ1) is 19.6. The molecule has 0 amide bonds. The quantitative estimate of drug-likeness (QED) is 0.0585. The van der Waals surface area contributed by atoms with Crippen molar-refractivity contribution < 1.29 is 70.5 Å². The van der Waals surface area contributed by atoms with Crippen LogP contribution in [0.4, 0.5) is 11.5 Å². The number of aromatic amines is 1. The second kappa shape index (κ2) is 12.5. The Bertz CT molecular complexity index is 1610. The predicted molar refractivity (Wildman–Crippen MR) is 137 cm³/mol. The summed E-state index contributed by atoms with van der Waals surface area (Å²) in [5.74, 6) is 0.120. The molecule has 0 bridgehead atoms. The zero-order chi connectivity index (χ0) is 30.9. The van der Waals surface area contributed by atoms with Gasteiger partial charge in [0.25, 0.3) is 5.69 Å². The third-order valence-corrected chi connectivity index (χ3v) is 9.61. The van der Waals surface area contributed by atoms with Gasteiger partial charge in [-0.2, -0.15) is 8.62 Å². The fourth-order valence-electron chi connectivity index (χ4n) is 4.11. The van der Waals surface area contributed by atoms with Gasteiger partial charge in [-0.05, 0) is 6.07 Å². The Hall–Kier alpha value is -2.67. The molecule has 1 aromatic carbocycles. The van der Waals surface area contributed by atoms with E-state index in [-0.39, 0.29) is 31.1 Å². The summed E-state index contributed by atoms with van der Waals surface area (Å²) < 4.78 is 59.0. The molecular weight excluding hydrogens is 631 g/mol. The lowest BCUT2D eigenvalue weighted by molar-refractivity contribution is -0.740. The fraction of sp³-hybridized carbons (Fsp3) is 0.368. The predicted octanol–water partition coefficient (Wildman–Crippen LogP) is 1.05. The molecule has 20 nitrogen and oxygen atoms in total. The summed E-state index contributed by atoms with van der Waals surface area (Å²) in [5, 5.41) is 22.1. The summed E-state index contributed by atoms with van der Waals surface area (Å²) in [6, 6.07) is 6.12. The van der Waals surface area contributed by atoms with Crippen LogP contribution in [-0.4, -0.2) is 58.4 Å². The summed E-state index contributed by atoms with van der Waals surface area (Å²) in [4.78, 5) is 54.0. The average Bonchev–Trinajstić information content (AvgIpc) is 3.45. The zero-order valence-corrected chi connectivity index (χ0v) is 23.8. The number of nitro benzene ring substituents is 1. The first-order valence-corrected chi connectivity index (χ1v) is 16.1. The number of nitrogens with zero attached hydrogens (tertiary/aromatic N) is 3. The number of nitrogens with two attached hydrogens (primary N) is 1. The number of aliphatic hydroxyl groups is 1. The molecule has 8 N–H and O–H groups in total. The van der Waals surface area contributed by atoms with Crippen LogP contribution in [0.3, 0.4) is 0 Å². The van der Waals surface area contributed by atoms with Crippen molar-refractivity contribution in [1.82, 2.24) is 9.97 Å². The molecule has 1 aliphatic rings. The molecular formula is C19H25N5O15P3+. The van der Waals surface area contributed by atoms with Crippen molar-refractivity contribution in [3.8, 4) is 0 Å². The number of ether oxygens (including phenoxy) is 2. The lowest BCUT2D eigenvalue weighted by Crippen LogP contribution is -2.41. The van der Waals surface area contributed by atoms with Gasteiger partial charge in [-0.1, -0.05) is 17.1 Å². The maximum absolute atomic E-state index is 12.0. The smallest absolute Gasteiger partial charge is 0.390 e. The number of phosphoric acid groups is 3. The van der Waals surface area contributed by atoms with Gasteiger partial charge in [0.05, 0.1) is 42.6 Å². The first-order valence-electron chi connectivity index (χ1n) is 11.6. The number of aromatic nitrogens is 3. The van der Waals surface area contributed by atoms with Crippen LogP contribution >= 0.6 is 23.5 Å². The van der Waals surface area contributed by atoms with Crippen molar-refractivity contribution in [2.24, 2.45) is 0 Å². The van der Waals surface area contributed by atoms with E-state index in [1.807, 2.05) is 0 Å². The number of hydrogen-bond donors (Lipinski definition) is 7. The van der Waals surface area contributed by atoms with Gasteiger partial charge < -0.3 is 39.9 Å². The summed E-state index contributed by atoms with van der Waals surface area (Å²) in [7, 11) is -16.7. The van der Waals surface area contributed by atoms with Gasteiger partial charge in [-0.3, -0.25) is 19.6 Å². The van der Waals surface area contributed by atoms with Gasteiger partial charge in [0.15, 0.2) is 6.23 Å². The van der Waals surface area contributed by atoms with Crippen LogP contribution in [0, 0.1) is 10.1 Å². The Morgan fingerprint density at radius 1 is 1.12 bits per heavy atom. The molecule has 0 radical (unpaired) electrons. The van der Waals surface area contributed by atoms with E-state index in [2.05, 4.69) is 23.1 Å². The number of aliphatic hydroxyl groups excluding tert-OH is 1. The number of phosphoric ester groups is 1. The molecule has 1 aliphatic heterocycles. The average molecular weight is 656 g/mol. The maximum Gasteiger partial charge on any atom is 0.490 e. The number of nitro groups is 1. The summed E-state index contributed by atoms with van der Waals surface area (Å²) in [5.41, 5.74) is 7.33. The van der Waals surface area contributed by atoms with E-state index in [0.717, 1.165) is 0 Å². The number of H-pyrrole nitrogens is 1. The molecule has 0 saturated carbocycles. The Morgan fingerprint density at radius 2 is 1.81 bits per heavy atom. The van der Waals surface area contributed by atoms with E-state index in [1.54, 1.807) is 24.4 Å². The molecule has 3 heterocycles. The maximum atomic E-state index is 12.0. The van der Waals surface area contributed by atoms with E-state index < -0.39 is 53.4 Å². The van der Waals surface area contributed by atoms with E-state index in [9.17, 15) is 38.7 Å². The Labute approximate surface area is 235 Å². The van der Waals surface area contributed by atoms with Crippen LogP contribution in [0.2, 0.25) is 0 Å². The molecule has 1 saturated heterocycles. The molecule has 3 aromatic rings. The number of rotatable bonds is 13. The highest BCUT2D eigenvalue weighted by molar-refractivity contribution is 7.66. The molecule has 2 aromatic heterocycles. The fourth-order valence-corrected chi connectivity index (χ4v) is 7.14. The van der Waals surface area contributed by atoms with Gasteiger partial charge >= 0.3 is 23.5 Å². The van der Waals surface area contributed by atoms with Crippen LogP contribution in [0.5, 0.6) is 0 Å². The number of nitrogen functional groups attached to an aromatic ring is 1. The third kappa shape index (κ3) is 8.03. The molecule has 5 atom stereocenters. The monoisotopic (exact) mass is 656 g/mol. The van der Waals surface area contributed by atoms with Crippen molar-refractivity contribution >= 4 is 46.0 Å². The minimum absolute atomic E-state index is 0.00120. The molecule has 0 aliphatic carbocycles. The summed E-state index contributed by atoms with van der Waals surface area (Å²) >= 11 is 0. The Morgan fingerprint density at radius 3 is 2.50 bits per heavy atom. The van der Waals surface area contributed by atoms with Crippen LogP contribution in [0.25, 0.3) is 11.0 Å². The number of benzene rings is 1. The molecule has 42 heavy (non-hydrogen) atoms. The van der Waals surface area contributed by atoms with Crippen LogP contribution < -0.4 is 10.3 Å². The molecule has 4 rings (SSSR count). The van der Waals surface area contributed by atoms with E-state index >= 15 is 0 Å². The van der Waals surface area contributed by atoms with E-state index in [0.29, 0.717) is 22.2 Å². The normalized spacial score (nSPS) is 22.2. The minimum Gasteiger partial charge on any atom is -0.390 e. The van der Waals surface area contributed by atoms with Crippen LogP contribution in [-0.2, 0) is 49.5 Å². The first kappa shape index (κ1) is 32.2. The second-order valence-corrected chi connectivity index (χ2v) is 13.2. The summed E-state index contributed by atoms with van der Waals surface area (Å²) in [6.07, 6.45) is -0.630. The van der Waals surface area contributed by atoms with Crippen molar-refractivity contribution in [3.05, 3.63) is 58.0 Å². The van der Waals surface area contributed by atoms with Gasteiger partial charge in [0.1, 0.15) is 11.5 Å². The third-order valence-electron chi connectivity index (χ3n) is 5.81. The van der Waals surface area contributed by atoms with Crippen molar-refractivity contribution in [1.29, 1.82) is 0 Å². The van der Waals surface area contributed by atoms with E-state index in [1.165, 1.54) is 17.0 Å².